The molecule has 1 saturated heterocycles. The minimum atomic E-state index is -3.06. The number of halogens is 3. The fourth-order valence-corrected chi connectivity index (χ4v) is 2.50. The van der Waals surface area contributed by atoms with Gasteiger partial charge in [-0.1, -0.05) is 0 Å². The van der Waals surface area contributed by atoms with Gasteiger partial charge in [0.05, 0.1) is 11.2 Å². The minimum absolute atomic E-state index is 0.0649. The van der Waals surface area contributed by atoms with Gasteiger partial charge in [0.15, 0.2) is 0 Å². The van der Waals surface area contributed by atoms with Gasteiger partial charge < -0.3 is 9.31 Å². The third kappa shape index (κ3) is 2.30. The van der Waals surface area contributed by atoms with E-state index in [0.29, 0.717) is 0 Å². The summed E-state index contributed by atoms with van der Waals surface area (Å²) in [6.07, 6.45) is 1.20. The molecule has 2 aromatic heterocycles. The maximum atomic E-state index is 14.7. The second-order valence-corrected chi connectivity index (χ2v) is 6.51. The van der Waals surface area contributed by atoms with Gasteiger partial charge in [0.2, 0.25) is 0 Å². The Bertz CT molecular complexity index is 813. The Balaban J connectivity index is 2.12. The minimum Gasteiger partial charge on any atom is -0.399 e. The molecule has 3 heterocycles. The summed E-state index contributed by atoms with van der Waals surface area (Å²) in [5.74, 6) is -0.817. The number of alkyl halides is 2. The normalized spacial score (nSPS) is 19.9. The highest BCUT2D eigenvalue weighted by atomic mass is 19.3. The summed E-state index contributed by atoms with van der Waals surface area (Å²) in [5, 5.41) is 0. The van der Waals surface area contributed by atoms with Crippen LogP contribution >= 0.6 is 0 Å². The highest BCUT2D eigenvalue weighted by molar-refractivity contribution is 6.62. The molecule has 0 atom stereocenters. The Morgan fingerprint density at radius 2 is 1.74 bits per heavy atom. The summed E-state index contributed by atoms with van der Waals surface area (Å²) in [4.78, 5) is 11.6. The largest absolute Gasteiger partial charge is 0.497 e. The van der Waals surface area contributed by atoms with E-state index in [1.165, 1.54) is 12.3 Å². The molecule has 3 rings (SSSR count). The van der Waals surface area contributed by atoms with Crippen LogP contribution < -0.4 is 11.0 Å². The number of nitrogens with zero attached hydrogens (tertiary/aromatic N) is 2. The van der Waals surface area contributed by atoms with Crippen molar-refractivity contribution >= 4 is 18.1 Å². The molecule has 124 valence electrons. The van der Waals surface area contributed by atoms with E-state index in [1.807, 2.05) is 27.7 Å². The second-order valence-electron chi connectivity index (χ2n) is 6.51. The van der Waals surface area contributed by atoms with Gasteiger partial charge in [-0.25, -0.2) is 4.39 Å². The monoisotopic (exact) mass is 328 g/mol. The molecule has 5 nitrogen and oxygen atoms in total. The highest BCUT2D eigenvalue weighted by Gasteiger charge is 2.52. The number of hydrogen-bond acceptors (Lipinski definition) is 3. The lowest BCUT2D eigenvalue weighted by molar-refractivity contribution is 0.00578. The van der Waals surface area contributed by atoms with Gasteiger partial charge in [-0.05, 0) is 33.8 Å². The Morgan fingerprint density at radius 3 is 2.26 bits per heavy atom. The van der Waals surface area contributed by atoms with Crippen LogP contribution in [-0.2, 0) is 9.31 Å². The molecule has 0 aromatic carbocycles. The third-order valence-electron chi connectivity index (χ3n) is 4.53. The van der Waals surface area contributed by atoms with Gasteiger partial charge in [-0.2, -0.15) is 13.5 Å². The van der Waals surface area contributed by atoms with Crippen molar-refractivity contribution in [2.75, 3.05) is 0 Å². The van der Waals surface area contributed by atoms with Crippen molar-refractivity contribution in [3.8, 4) is 0 Å². The molecule has 0 spiro atoms. The zero-order valence-corrected chi connectivity index (χ0v) is 13.1. The van der Waals surface area contributed by atoms with Gasteiger partial charge in [0.25, 0.3) is 5.56 Å². The van der Waals surface area contributed by atoms with Crippen molar-refractivity contribution in [3.05, 3.63) is 34.5 Å². The van der Waals surface area contributed by atoms with E-state index in [4.69, 9.17) is 9.31 Å². The van der Waals surface area contributed by atoms with E-state index >= 15 is 0 Å². The van der Waals surface area contributed by atoms with Gasteiger partial charge >= 0.3 is 13.7 Å². The number of fused-ring (bicyclic) bond motifs is 1. The molecule has 0 N–H and O–H groups in total. The average molecular weight is 328 g/mol. The molecule has 9 heteroatoms. The Hall–Kier alpha value is -1.74. The summed E-state index contributed by atoms with van der Waals surface area (Å²) in [6.45, 7) is 4.22. The van der Waals surface area contributed by atoms with E-state index in [-0.39, 0.29) is 15.7 Å². The third-order valence-corrected chi connectivity index (χ3v) is 4.53. The molecule has 0 saturated carbocycles. The first-order valence-corrected chi connectivity index (χ1v) is 7.11. The first-order chi connectivity index (χ1) is 10.5. The summed E-state index contributed by atoms with van der Waals surface area (Å²) in [6, 6.07) is 2.11. The lowest BCUT2D eigenvalue weighted by Crippen LogP contribution is -2.41. The van der Waals surface area contributed by atoms with Crippen LogP contribution in [0.3, 0.4) is 0 Å². The quantitative estimate of drug-likeness (QED) is 0.792. The maximum absolute atomic E-state index is 14.7. The molecular formula is C14H16BF3N2O3. The van der Waals surface area contributed by atoms with Crippen LogP contribution in [0.25, 0.3) is 5.52 Å². The van der Waals surface area contributed by atoms with Gasteiger partial charge in [-0.15, -0.1) is 0 Å². The summed E-state index contributed by atoms with van der Waals surface area (Å²) >= 11 is 0. The molecule has 1 aliphatic heterocycles. The molecule has 23 heavy (non-hydrogen) atoms. The van der Waals surface area contributed by atoms with Crippen LogP contribution in [0.15, 0.2) is 23.1 Å². The van der Waals surface area contributed by atoms with E-state index in [9.17, 15) is 18.0 Å². The Morgan fingerprint density at radius 1 is 1.17 bits per heavy atom. The first-order valence-electron chi connectivity index (χ1n) is 7.11. The van der Waals surface area contributed by atoms with E-state index < -0.39 is 36.2 Å². The summed E-state index contributed by atoms with van der Waals surface area (Å²) in [7, 11) is -0.977. The van der Waals surface area contributed by atoms with Crippen molar-refractivity contribution < 1.29 is 22.5 Å². The molecule has 1 aliphatic rings. The number of aromatic nitrogens is 2. The summed E-state index contributed by atoms with van der Waals surface area (Å²) < 4.78 is 53.0. The standard InChI is InChI=1S/C14H16BF3N2O3/c1-13(2)14(3,4)23-15(22-13)8-5-6-19-9(11(8)16)7-10(21)20(19)12(17)18/h5-7,12H,1-4H3. The van der Waals surface area contributed by atoms with Crippen LogP contribution in [0.5, 0.6) is 0 Å². The number of hydrogen-bond donors (Lipinski definition) is 0. The fraction of sp³-hybridized carbons (Fsp3) is 0.500. The Labute approximate surface area is 130 Å². The lowest BCUT2D eigenvalue weighted by Gasteiger charge is -2.32. The van der Waals surface area contributed by atoms with Crippen LogP contribution in [0.1, 0.15) is 34.2 Å². The maximum Gasteiger partial charge on any atom is 0.497 e. The molecule has 1 fully saturated rings. The molecule has 0 bridgehead atoms. The highest BCUT2D eigenvalue weighted by Crippen LogP contribution is 2.36. The molecular weight excluding hydrogens is 312 g/mol. The van der Waals surface area contributed by atoms with Gasteiger partial charge in [0, 0.05) is 17.7 Å². The number of pyridine rings is 1. The SMILES string of the molecule is CC1(C)OB(c2ccn3c(cc(=O)n3C(F)F)c2F)OC1(C)C. The van der Waals surface area contributed by atoms with Crippen molar-refractivity contribution in [1.29, 1.82) is 0 Å². The van der Waals surface area contributed by atoms with Crippen molar-refractivity contribution in [2.45, 2.75) is 45.4 Å². The first kappa shape index (κ1) is 16.1. The topological polar surface area (TPSA) is 44.9 Å². The molecule has 0 radical (unpaired) electrons. The van der Waals surface area contributed by atoms with Crippen LogP contribution in [0.2, 0.25) is 0 Å². The van der Waals surface area contributed by atoms with Crippen LogP contribution in [0.4, 0.5) is 13.2 Å². The zero-order valence-electron chi connectivity index (χ0n) is 13.1. The van der Waals surface area contributed by atoms with Gasteiger partial charge in [0.1, 0.15) is 11.3 Å². The summed E-state index contributed by atoms with van der Waals surface area (Å²) in [5.41, 5.74) is -2.49. The molecule has 0 aliphatic carbocycles. The van der Waals surface area contributed by atoms with Crippen molar-refractivity contribution in [2.24, 2.45) is 0 Å². The van der Waals surface area contributed by atoms with Crippen molar-refractivity contribution in [3.63, 3.8) is 0 Å². The van der Waals surface area contributed by atoms with Crippen LogP contribution in [0, 0.1) is 5.82 Å². The van der Waals surface area contributed by atoms with E-state index in [1.54, 1.807) is 0 Å². The van der Waals surface area contributed by atoms with E-state index in [2.05, 4.69) is 0 Å². The fourth-order valence-electron chi connectivity index (χ4n) is 2.50. The van der Waals surface area contributed by atoms with Gasteiger partial charge in [-0.3, -0.25) is 9.31 Å². The smallest absolute Gasteiger partial charge is 0.399 e. The molecule has 2 aromatic rings. The predicted octanol–water partition coefficient (Wildman–Crippen LogP) is 1.93. The van der Waals surface area contributed by atoms with Crippen molar-refractivity contribution in [1.82, 2.24) is 9.20 Å². The second kappa shape index (κ2) is 4.88. The van der Waals surface area contributed by atoms with E-state index in [0.717, 1.165) is 10.6 Å². The zero-order chi connectivity index (χ0) is 17.2. The molecule has 0 amide bonds. The molecule has 0 unspecified atom stereocenters. The average Bonchev–Trinajstić information content (AvgIpc) is 2.84. The number of rotatable bonds is 2. The lowest BCUT2D eigenvalue weighted by atomic mass is 9.79. The van der Waals surface area contributed by atoms with Crippen LogP contribution in [-0.4, -0.2) is 27.5 Å². The Kier molecular flexibility index (Phi) is 3.42. The predicted molar refractivity (Wildman–Crippen MR) is 78.6 cm³/mol.